The van der Waals surface area contributed by atoms with Gasteiger partial charge >= 0.3 is 5.97 Å². The van der Waals surface area contributed by atoms with E-state index in [0.717, 1.165) is 11.3 Å². The average molecular weight is 403 g/mol. The van der Waals surface area contributed by atoms with Gasteiger partial charge in [-0.15, -0.1) is 11.3 Å². The molecule has 2 rings (SSSR count). The van der Waals surface area contributed by atoms with Gasteiger partial charge in [-0.1, -0.05) is 23.2 Å². The molecule has 10 heteroatoms. The van der Waals surface area contributed by atoms with E-state index in [2.05, 4.69) is 10.9 Å². The first kappa shape index (κ1) is 19.0. The Morgan fingerprint density at radius 1 is 0.920 bits per heavy atom. The molecule has 0 bridgehead atoms. The number of thiophene rings is 1. The largest absolute Gasteiger partial charge is 0.484 e. The molecule has 1 aromatic carbocycles. The first-order valence-corrected chi connectivity index (χ1v) is 8.40. The second-order valence-corrected chi connectivity index (χ2v) is 6.67. The maximum Gasteiger partial charge on any atom is 0.348 e. The van der Waals surface area contributed by atoms with Crippen LogP contribution in [-0.2, 0) is 14.3 Å². The minimum atomic E-state index is -0.698. The van der Waals surface area contributed by atoms with Gasteiger partial charge in [0, 0.05) is 5.02 Å². The molecule has 2 aromatic rings. The topological polar surface area (TPSA) is 93.7 Å². The summed E-state index contributed by atoms with van der Waals surface area (Å²) in [5, 5.41) is 0.545. The van der Waals surface area contributed by atoms with Crippen LogP contribution in [0.15, 0.2) is 36.4 Å². The fraction of sp³-hybridized carbons (Fsp3) is 0.133. The summed E-state index contributed by atoms with van der Waals surface area (Å²) in [4.78, 5) is 35.0. The Kier molecular flexibility index (Phi) is 7.05. The maximum absolute atomic E-state index is 11.6. The van der Waals surface area contributed by atoms with E-state index in [0.29, 0.717) is 15.1 Å². The third-order valence-corrected chi connectivity index (χ3v) is 4.10. The first-order valence-electron chi connectivity index (χ1n) is 6.82. The summed E-state index contributed by atoms with van der Waals surface area (Å²) in [6.45, 7) is -0.859. The maximum atomic E-state index is 11.6. The van der Waals surface area contributed by atoms with Gasteiger partial charge in [0.1, 0.15) is 10.6 Å². The lowest BCUT2D eigenvalue weighted by atomic mass is 10.3. The Balaban J connectivity index is 1.64. The number of nitrogens with one attached hydrogen (secondary N) is 2. The van der Waals surface area contributed by atoms with Gasteiger partial charge in [0.2, 0.25) is 0 Å². The quantitative estimate of drug-likeness (QED) is 0.571. The summed E-state index contributed by atoms with van der Waals surface area (Å²) in [6, 6.07) is 9.47. The summed E-state index contributed by atoms with van der Waals surface area (Å²) in [6.07, 6.45) is 0. The molecular formula is C15H12Cl2N2O5S. The van der Waals surface area contributed by atoms with Gasteiger partial charge in [0.25, 0.3) is 11.8 Å². The van der Waals surface area contributed by atoms with Gasteiger partial charge in [-0.2, -0.15) is 0 Å². The minimum absolute atomic E-state index is 0.276. The van der Waals surface area contributed by atoms with Crippen LogP contribution in [0.25, 0.3) is 0 Å². The van der Waals surface area contributed by atoms with Crippen molar-refractivity contribution in [3.05, 3.63) is 50.6 Å². The fourth-order valence-electron chi connectivity index (χ4n) is 1.52. The van der Waals surface area contributed by atoms with Crippen molar-refractivity contribution in [3.8, 4) is 5.75 Å². The monoisotopic (exact) mass is 402 g/mol. The number of ether oxygens (including phenoxy) is 2. The highest BCUT2D eigenvalue weighted by Gasteiger charge is 2.13. The van der Waals surface area contributed by atoms with E-state index in [4.69, 9.17) is 32.7 Å². The Hall–Kier alpha value is -2.29. The van der Waals surface area contributed by atoms with Crippen molar-refractivity contribution in [1.29, 1.82) is 0 Å². The number of carbonyl (C=O) groups excluding carboxylic acids is 3. The van der Waals surface area contributed by atoms with Crippen molar-refractivity contribution < 1.29 is 23.9 Å². The molecule has 0 saturated carbocycles. The van der Waals surface area contributed by atoms with Crippen LogP contribution in [-0.4, -0.2) is 31.0 Å². The number of esters is 1. The molecule has 0 fully saturated rings. The number of rotatable bonds is 6. The molecule has 132 valence electrons. The van der Waals surface area contributed by atoms with E-state index in [1.807, 2.05) is 0 Å². The third-order valence-electron chi connectivity index (χ3n) is 2.63. The van der Waals surface area contributed by atoms with Crippen LogP contribution >= 0.6 is 34.5 Å². The van der Waals surface area contributed by atoms with E-state index in [-0.39, 0.29) is 11.5 Å². The van der Waals surface area contributed by atoms with Gasteiger partial charge in [-0.3, -0.25) is 20.4 Å². The highest BCUT2D eigenvalue weighted by molar-refractivity contribution is 7.17. The molecule has 0 aliphatic heterocycles. The van der Waals surface area contributed by atoms with Crippen LogP contribution in [0.1, 0.15) is 9.67 Å². The molecule has 0 aliphatic carbocycles. The van der Waals surface area contributed by atoms with Crippen LogP contribution in [0.5, 0.6) is 5.75 Å². The van der Waals surface area contributed by atoms with E-state index in [9.17, 15) is 14.4 Å². The predicted octanol–water partition coefficient (Wildman–Crippen LogP) is 2.44. The summed E-state index contributed by atoms with van der Waals surface area (Å²) >= 11 is 12.5. The van der Waals surface area contributed by atoms with Crippen molar-refractivity contribution in [1.82, 2.24) is 10.9 Å². The zero-order valence-corrected chi connectivity index (χ0v) is 14.9. The molecule has 0 atom stereocenters. The van der Waals surface area contributed by atoms with Crippen molar-refractivity contribution in [3.63, 3.8) is 0 Å². The minimum Gasteiger partial charge on any atom is -0.484 e. The molecule has 0 saturated heterocycles. The lowest BCUT2D eigenvalue weighted by molar-refractivity contribution is -0.131. The Morgan fingerprint density at radius 3 is 2.16 bits per heavy atom. The Labute approximate surface area is 156 Å². The van der Waals surface area contributed by atoms with Crippen LogP contribution < -0.4 is 15.6 Å². The molecule has 2 N–H and O–H groups in total. The second-order valence-electron chi connectivity index (χ2n) is 4.52. The summed E-state index contributed by atoms with van der Waals surface area (Å²) < 4.78 is 10.4. The van der Waals surface area contributed by atoms with Crippen LogP contribution in [0.3, 0.4) is 0 Å². The number of hydrogen-bond acceptors (Lipinski definition) is 6. The number of hydrogen-bond donors (Lipinski definition) is 2. The number of hydrazine groups is 1. The molecule has 1 heterocycles. The highest BCUT2D eigenvalue weighted by Crippen LogP contribution is 2.21. The molecule has 2 amide bonds. The molecular weight excluding hydrogens is 391 g/mol. The summed E-state index contributed by atoms with van der Waals surface area (Å²) in [7, 11) is 0. The highest BCUT2D eigenvalue weighted by atomic mass is 35.5. The van der Waals surface area contributed by atoms with Crippen molar-refractivity contribution in [2.24, 2.45) is 0 Å². The normalized spacial score (nSPS) is 10.0. The van der Waals surface area contributed by atoms with Crippen LogP contribution in [0.4, 0.5) is 0 Å². The van der Waals surface area contributed by atoms with Crippen LogP contribution in [0.2, 0.25) is 9.36 Å². The molecule has 0 aliphatic rings. The molecule has 7 nitrogen and oxygen atoms in total. The van der Waals surface area contributed by atoms with Crippen LogP contribution in [0, 0.1) is 0 Å². The molecule has 1 aromatic heterocycles. The van der Waals surface area contributed by atoms with E-state index >= 15 is 0 Å². The zero-order valence-electron chi connectivity index (χ0n) is 12.6. The SMILES string of the molecule is O=C(COC(=O)c1ccc(Cl)s1)NNC(=O)COc1ccc(Cl)cc1. The Morgan fingerprint density at radius 2 is 1.56 bits per heavy atom. The van der Waals surface area contributed by atoms with Gasteiger partial charge in [-0.05, 0) is 36.4 Å². The van der Waals surface area contributed by atoms with Gasteiger partial charge < -0.3 is 9.47 Å². The smallest absolute Gasteiger partial charge is 0.348 e. The number of benzene rings is 1. The first-order chi connectivity index (χ1) is 11.9. The number of amides is 2. The van der Waals surface area contributed by atoms with E-state index in [1.165, 1.54) is 6.07 Å². The third kappa shape index (κ3) is 6.61. The lowest BCUT2D eigenvalue weighted by Gasteiger charge is -2.09. The van der Waals surface area contributed by atoms with Gasteiger partial charge in [0.15, 0.2) is 13.2 Å². The van der Waals surface area contributed by atoms with Gasteiger partial charge in [-0.25, -0.2) is 4.79 Å². The van der Waals surface area contributed by atoms with E-state index < -0.39 is 24.4 Å². The fourth-order valence-corrected chi connectivity index (χ4v) is 2.58. The molecule has 0 unspecified atom stereocenters. The summed E-state index contributed by atoms with van der Waals surface area (Å²) in [5.41, 5.74) is 4.23. The zero-order chi connectivity index (χ0) is 18.2. The number of carbonyl (C=O) groups is 3. The Bertz CT molecular complexity index is 764. The molecule has 25 heavy (non-hydrogen) atoms. The van der Waals surface area contributed by atoms with E-state index in [1.54, 1.807) is 30.3 Å². The second kappa shape index (κ2) is 9.26. The average Bonchev–Trinajstić information content (AvgIpc) is 3.04. The van der Waals surface area contributed by atoms with Gasteiger partial charge in [0.05, 0.1) is 4.34 Å². The molecule has 0 spiro atoms. The lowest BCUT2D eigenvalue weighted by Crippen LogP contribution is -2.45. The number of halogens is 2. The predicted molar refractivity (Wildman–Crippen MR) is 92.8 cm³/mol. The standard InChI is InChI=1S/C15H12Cl2N2O5S/c16-9-1-3-10(4-2-9)23-7-13(20)18-19-14(21)8-24-15(22)11-5-6-12(17)25-11/h1-6H,7-8H2,(H,18,20)(H,19,21). The molecule has 0 radical (unpaired) electrons. The van der Waals surface area contributed by atoms with Crippen molar-refractivity contribution in [2.45, 2.75) is 0 Å². The summed E-state index contributed by atoms with van der Waals surface area (Å²) in [5.74, 6) is -1.51. The van der Waals surface area contributed by atoms with Crippen molar-refractivity contribution in [2.75, 3.05) is 13.2 Å². The van der Waals surface area contributed by atoms with Crippen molar-refractivity contribution >= 4 is 52.3 Å².